The summed E-state index contributed by atoms with van der Waals surface area (Å²) in [5, 5.41) is 3.35. The van der Waals surface area contributed by atoms with Gasteiger partial charge in [0.25, 0.3) is 11.8 Å². The average Bonchev–Trinajstić information content (AvgIpc) is 3.00. The molecule has 2 aromatic rings. The smallest absolute Gasteiger partial charge is 0.279 e. The standard InChI is InChI=1S/C20H14BrClN2O3S/c1-2-9-27-16-8-5-14(21)10-13(16)11-17-19(26)24-20(28-17)23-18(25)12-3-6-15(22)7-4-12/h2-8,10-11H,1,9H2,(H,23,24,25,26)/b17-11-. The number of halogens is 2. The second-order valence-corrected chi connectivity index (χ2v) is 7.96. The number of hydrogen-bond donors (Lipinski definition) is 1. The van der Waals surface area contributed by atoms with Gasteiger partial charge in [0, 0.05) is 20.6 Å². The maximum absolute atomic E-state index is 12.3. The molecule has 142 valence electrons. The van der Waals surface area contributed by atoms with Crippen LogP contribution in [0.1, 0.15) is 15.9 Å². The summed E-state index contributed by atoms with van der Waals surface area (Å²) >= 11 is 10.3. The Morgan fingerprint density at radius 2 is 2.04 bits per heavy atom. The summed E-state index contributed by atoms with van der Waals surface area (Å²) in [6, 6.07) is 11.9. The van der Waals surface area contributed by atoms with Gasteiger partial charge in [0.15, 0.2) is 5.17 Å². The van der Waals surface area contributed by atoms with Crippen molar-refractivity contribution in [3.63, 3.8) is 0 Å². The molecule has 0 radical (unpaired) electrons. The largest absolute Gasteiger partial charge is 0.489 e. The third-order valence-corrected chi connectivity index (χ3v) is 5.22. The number of ether oxygens (including phenoxy) is 1. The summed E-state index contributed by atoms with van der Waals surface area (Å²) in [5.41, 5.74) is 1.11. The lowest BCUT2D eigenvalue weighted by Crippen LogP contribution is -2.20. The molecule has 1 aliphatic rings. The number of thioether (sulfide) groups is 1. The number of carbonyl (C=O) groups is 2. The van der Waals surface area contributed by atoms with Gasteiger partial charge in [-0.3, -0.25) is 9.59 Å². The molecule has 0 bridgehead atoms. The highest BCUT2D eigenvalue weighted by Crippen LogP contribution is 2.31. The zero-order chi connectivity index (χ0) is 20.1. The molecule has 0 spiro atoms. The lowest BCUT2D eigenvalue weighted by atomic mass is 10.2. The maximum atomic E-state index is 12.3. The van der Waals surface area contributed by atoms with E-state index in [4.69, 9.17) is 16.3 Å². The van der Waals surface area contributed by atoms with Crippen LogP contribution in [0.25, 0.3) is 6.08 Å². The summed E-state index contributed by atoms with van der Waals surface area (Å²) in [6.45, 7) is 3.98. The summed E-state index contributed by atoms with van der Waals surface area (Å²) in [7, 11) is 0. The predicted octanol–water partition coefficient (Wildman–Crippen LogP) is 5.07. The van der Waals surface area contributed by atoms with Crippen LogP contribution in [0.15, 0.2) is 69.5 Å². The number of benzene rings is 2. The molecule has 28 heavy (non-hydrogen) atoms. The Morgan fingerprint density at radius 1 is 1.29 bits per heavy atom. The quantitative estimate of drug-likeness (QED) is 0.482. The Hall–Kier alpha value is -2.35. The monoisotopic (exact) mass is 476 g/mol. The second kappa shape index (κ2) is 9.23. The Bertz CT molecular complexity index is 1000. The third kappa shape index (κ3) is 5.13. The zero-order valence-corrected chi connectivity index (χ0v) is 17.6. The van der Waals surface area contributed by atoms with Crippen LogP contribution in [0.5, 0.6) is 5.75 Å². The fourth-order valence-electron chi connectivity index (χ4n) is 2.28. The molecule has 8 heteroatoms. The highest BCUT2D eigenvalue weighted by atomic mass is 79.9. The molecule has 2 amide bonds. The summed E-state index contributed by atoms with van der Waals surface area (Å²) in [4.78, 5) is 28.9. The predicted molar refractivity (Wildman–Crippen MR) is 117 cm³/mol. The minimum atomic E-state index is -0.460. The fraction of sp³-hybridized carbons (Fsp3) is 0.0500. The van der Waals surface area contributed by atoms with Crippen molar-refractivity contribution in [2.24, 2.45) is 4.99 Å². The van der Waals surface area contributed by atoms with Crippen molar-refractivity contribution >= 4 is 62.4 Å². The Labute approximate surface area is 179 Å². The van der Waals surface area contributed by atoms with Crippen molar-refractivity contribution < 1.29 is 14.3 Å². The van der Waals surface area contributed by atoms with Gasteiger partial charge in [-0.05, 0) is 60.3 Å². The van der Waals surface area contributed by atoms with Crippen LogP contribution < -0.4 is 10.1 Å². The Balaban J connectivity index is 1.82. The third-order valence-electron chi connectivity index (χ3n) is 3.56. The minimum absolute atomic E-state index is 0.222. The first-order valence-electron chi connectivity index (χ1n) is 8.09. The molecule has 0 aromatic heterocycles. The first-order valence-corrected chi connectivity index (χ1v) is 10.1. The van der Waals surface area contributed by atoms with E-state index in [-0.39, 0.29) is 11.1 Å². The summed E-state index contributed by atoms with van der Waals surface area (Å²) in [5.74, 6) is -0.174. The van der Waals surface area contributed by atoms with Crippen molar-refractivity contribution in [2.45, 2.75) is 0 Å². The molecule has 5 nitrogen and oxygen atoms in total. The normalized spacial score (nSPS) is 16.3. The highest BCUT2D eigenvalue weighted by Gasteiger charge is 2.25. The molecule has 1 saturated heterocycles. The second-order valence-electron chi connectivity index (χ2n) is 5.58. The van der Waals surface area contributed by atoms with E-state index in [1.54, 1.807) is 42.5 Å². The molecule has 1 N–H and O–H groups in total. The van der Waals surface area contributed by atoms with Crippen LogP contribution in [-0.4, -0.2) is 23.6 Å². The number of amidine groups is 1. The Morgan fingerprint density at radius 3 is 2.75 bits per heavy atom. The number of carbonyl (C=O) groups excluding carboxylic acids is 2. The SMILES string of the molecule is C=CCOc1ccc(Br)cc1/C=C1\SC(=NC(=O)c2ccc(Cl)cc2)NC1=O. The topological polar surface area (TPSA) is 67.8 Å². The van der Waals surface area contributed by atoms with E-state index in [2.05, 4.69) is 32.8 Å². The van der Waals surface area contributed by atoms with Crippen LogP contribution in [0.3, 0.4) is 0 Å². The first kappa shape index (κ1) is 20.4. The van der Waals surface area contributed by atoms with Crippen LogP contribution in [0.2, 0.25) is 5.02 Å². The zero-order valence-electron chi connectivity index (χ0n) is 14.4. The van der Waals surface area contributed by atoms with E-state index < -0.39 is 5.91 Å². The van der Waals surface area contributed by atoms with Gasteiger partial charge in [-0.15, -0.1) is 0 Å². The van der Waals surface area contributed by atoms with Crippen molar-refractivity contribution in [3.8, 4) is 5.75 Å². The average molecular weight is 478 g/mol. The van der Waals surface area contributed by atoms with Crippen molar-refractivity contribution in [1.82, 2.24) is 5.32 Å². The van der Waals surface area contributed by atoms with Crippen LogP contribution in [0, 0.1) is 0 Å². The van der Waals surface area contributed by atoms with Gasteiger partial charge >= 0.3 is 0 Å². The van der Waals surface area contributed by atoms with Crippen LogP contribution >= 0.6 is 39.3 Å². The number of rotatable bonds is 5. The van der Waals surface area contributed by atoms with Gasteiger partial charge in [-0.1, -0.05) is 40.2 Å². The molecule has 0 aliphatic carbocycles. The molecular weight excluding hydrogens is 464 g/mol. The van der Waals surface area contributed by atoms with Gasteiger partial charge in [0.05, 0.1) is 4.91 Å². The molecule has 0 unspecified atom stereocenters. The van der Waals surface area contributed by atoms with Crippen molar-refractivity contribution in [1.29, 1.82) is 0 Å². The Kier molecular flexibility index (Phi) is 6.72. The molecule has 1 fully saturated rings. The van der Waals surface area contributed by atoms with Gasteiger partial charge in [0.2, 0.25) is 0 Å². The lowest BCUT2D eigenvalue weighted by Gasteiger charge is -2.08. The molecule has 1 aliphatic heterocycles. The van der Waals surface area contributed by atoms with Crippen molar-refractivity contribution in [3.05, 3.63) is 80.6 Å². The number of hydrogen-bond acceptors (Lipinski definition) is 4. The van der Waals surface area contributed by atoms with E-state index in [9.17, 15) is 9.59 Å². The van der Waals surface area contributed by atoms with Gasteiger partial charge in [-0.2, -0.15) is 4.99 Å². The maximum Gasteiger partial charge on any atom is 0.279 e. The minimum Gasteiger partial charge on any atom is -0.489 e. The van der Waals surface area contributed by atoms with Gasteiger partial charge in [-0.25, -0.2) is 0 Å². The molecule has 0 saturated carbocycles. The first-order chi connectivity index (χ1) is 13.5. The number of aliphatic imine (C=N–C) groups is 1. The molecule has 2 aromatic carbocycles. The van der Waals surface area contributed by atoms with Crippen LogP contribution in [0.4, 0.5) is 0 Å². The number of nitrogens with zero attached hydrogens (tertiary/aromatic N) is 1. The molecule has 1 heterocycles. The molecule has 3 rings (SSSR count). The molecular formula is C20H14BrClN2O3S. The van der Waals surface area contributed by atoms with Gasteiger partial charge < -0.3 is 10.1 Å². The van der Waals surface area contributed by atoms with E-state index >= 15 is 0 Å². The summed E-state index contributed by atoms with van der Waals surface area (Å²) in [6.07, 6.45) is 3.33. The molecule has 0 atom stereocenters. The lowest BCUT2D eigenvalue weighted by molar-refractivity contribution is -0.115. The summed E-state index contributed by atoms with van der Waals surface area (Å²) < 4.78 is 6.47. The van der Waals surface area contributed by atoms with E-state index in [0.29, 0.717) is 27.8 Å². The van der Waals surface area contributed by atoms with E-state index in [1.165, 1.54) is 0 Å². The van der Waals surface area contributed by atoms with Crippen LogP contribution in [-0.2, 0) is 4.79 Å². The van der Waals surface area contributed by atoms with Crippen molar-refractivity contribution in [2.75, 3.05) is 6.61 Å². The number of amides is 2. The van der Waals surface area contributed by atoms with E-state index in [0.717, 1.165) is 21.8 Å². The van der Waals surface area contributed by atoms with Gasteiger partial charge in [0.1, 0.15) is 12.4 Å². The van der Waals surface area contributed by atoms with E-state index in [1.807, 2.05) is 12.1 Å². The highest BCUT2D eigenvalue weighted by molar-refractivity contribution is 9.10. The number of nitrogens with one attached hydrogen (secondary N) is 1. The fourth-order valence-corrected chi connectivity index (χ4v) is 3.60.